The summed E-state index contributed by atoms with van der Waals surface area (Å²) in [5.74, 6) is -1.04. The number of aliphatic hydroxyl groups excluding tert-OH is 2. The number of carbonyl (C=O) groups is 2. The first-order valence-electron chi connectivity index (χ1n) is 6.27. The highest BCUT2D eigenvalue weighted by molar-refractivity contribution is 5.81. The fraction of sp³-hybridized carbons (Fsp3) is 0.833. The molecule has 5 N–H and O–H groups in total. The van der Waals surface area contributed by atoms with Crippen molar-refractivity contribution >= 4 is 11.9 Å². The van der Waals surface area contributed by atoms with Gasteiger partial charge in [0.1, 0.15) is 6.10 Å². The van der Waals surface area contributed by atoms with Crippen LogP contribution in [0.5, 0.6) is 0 Å². The first kappa shape index (κ1) is 17.8. The average Bonchev–Trinajstić information content (AvgIpc) is 2.38. The molecule has 0 aromatic rings. The Kier molecular flexibility index (Phi) is 8.29. The summed E-state index contributed by atoms with van der Waals surface area (Å²) in [6.07, 6.45) is -0.699. The predicted molar refractivity (Wildman–Crippen MR) is 69.1 cm³/mol. The maximum absolute atomic E-state index is 11.5. The largest absolute Gasteiger partial charge is 0.466 e. The van der Waals surface area contributed by atoms with Gasteiger partial charge in [-0.1, -0.05) is 13.8 Å². The fourth-order valence-corrected chi connectivity index (χ4v) is 1.17. The number of carbonyl (C=O) groups excluding carboxylic acids is 2. The SMILES string of the molecule is CC(C)(CO)[C@@H](O)C(=O)NCCC(=O)OCCCN. The van der Waals surface area contributed by atoms with E-state index in [0.717, 1.165) is 0 Å². The van der Waals surface area contributed by atoms with Crippen molar-refractivity contribution < 1.29 is 24.5 Å². The number of esters is 1. The molecule has 0 aromatic carbocycles. The lowest BCUT2D eigenvalue weighted by Gasteiger charge is -2.27. The average molecular weight is 276 g/mol. The summed E-state index contributed by atoms with van der Waals surface area (Å²) in [4.78, 5) is 22.8. The van der Waals surface area contributed by atoms with Crippen LogP contribution in [-0.4, -0.2) is 54.5 Å². The monoisotopic (exact) mass is 276 g/mol. The maximum atomic E-state index is 11.5. The Hall–Kier alpha value is -1.18. The van der Waals surface area contributed by atoms with Crippen molar-refractivity contribution in [2.45, 2.75) is 32.8 Å². The van der Waals surface area contributed by atoms with Gasteiger partial charge in [-0.25, -0.2) is 0 Å². The molecule has 0 aromatic heterocycles. The van der Waals surface area contributed by atoms with E-state index < -0.39 is 23.4 Å². The van der Waals surface area contributed by atoms with Crippen LogP contribution in [0.15, 0.2) is 0 Å². The molecule has 0 aliphatic carbocycles. The van der Waals surface area contributed by atoms with Gasteiger partial charge in [0.2, 0.25) is 5.91 Å². The smallest absolute Gasteiger partial charge is 0.307 e. The Morgan fingerprint density at radius 3 is 2.58 bits per heavy atom. The second kappa shape index (κ2) is 8.84. The number of aliphatic hydroxyl groups is 2. The number of amides is 1. The molecule has 0 spiro atoms. The van der Waals surface area contributed by atoms with E-state index in [9.17, 15) is 14.7 Å². The Bertz CT molecular complexity index is 294. The van der Waals surface area contributed by atoms with E-state index in [0.29, 0.717) is 13.0 Å². The van der Waals surface area contributed by atoms with Crippen molar-refractivity contribution in [2.24, 2.45) is 11.1 Å². The van der Waals surface area contributed by atoms with E-state index in [4.69, 9.17) is 15.6 Å². The molecule has 0 saturated carbocycles. The summed E-state index contributed by atoms with van der Waals surface area (Å²) in [5, 5.41) is 21.1. The summed E-state index contributed by atoms with van der Waals surface area (Å²) in [6, 6.07) is 0. The normalized spacial score (nSPS) is 12.9. The standard InChI is InChI=1S/C12H24N2O5/c1-12(2,8-15)10(17)11(18)14-6-4-9(16)19-7-3-5-13/h10,15,17H,3-8,13H2,1-2H3,(H,14,18)/t10-/m0/s1. The summed E-state index contributed by atoms with van der Waals surface area (Å²) < 4.78 is 4.84. The van der Waals surface area contributed by atoms with Crippen LogP contribution in [0.25, 0.3) is 0 Å². The minimum absolute atomic E-state index is 0.0303. The number of nitrogens with one attached hydrogen (secondary N) is 1. The molecule has 7 heteroatoms. The van der Waals surface area contributed by atoms with Crippen molar-refractivity contribution in [1.82, 2.24) is 5.32 Å². The third kappa shape index (κ3) is 7.09. The second-order valence-electron chi connectivity index (χ2n) is 4.95. The van der Waals surface area contributed by atoms with E-state index in [1.807, 2.05) is 0 Å². The fourth-order valence-electron chi connectivity index (χ4n) is 1.17. The zero-order chi connectivity index (χ0) is 14.9. The minimum atomic E-state index is -1.33. The van der Waals surface area contributed by atoms with E-state index in [1.165, 1.54) is 0 Å². The summed E-state index contributed by atoms with van der Waals surface area (Å²) in [7, 11) is 0. The maximum Gasteiger partial charge on any atom is 0.307 e. The molecule has 7 nitrogen and oxygen atoms in total. The van der Waals surface area contributed by atoms with Crippen molar-refractivity contribution in [3.8, 4) is 0 Å². The summed E-state index contributed by atoms with van der Waals surface area (Å²) >= 11 is 0. The van der Waals surface area contributed by atoms with Gasteiger partial charge >= 0.3 is 5.97 Å². The Balaban J connectivity index is 3.88. The van der Waals surface area contributed by atoms with Crippen LogP contribution < -0.4 is 11.1 Å². The molecule has 19 heavy (non-hydrogen) atoms. The van der Waals surface area contributed by atoms with Gasteiger partial charge in [0.05, 0.1) is 19.6 Å². The van der Waals surface area contributed by atoms with Crippen molar-refractivity contribution in [1.29, 1.82) is 0 Å². The lowest BCUT2D eigenvalue weighted by atomic mass is 9.87. The molecule has 1 amide bonds. The van der Waals surface area contributed by atoms with Crippen LogP contribution >= 0.6 is 0 Å². The first-order valence-corrected chi connectivity index (χ1v) is 6.27. The summed E-state index contributed by atoms with van der Waals surface area (Å²) in [6.45, 7) is 3.62. The molecule has 0 unspecified atom stereocenters. The highest BCUT2D eigenvalue weighted by atomic mass is 16.5. The molecule has 0 radical (unpaired) electrons. The van der Waals surface area contributed by atoms with Crippen molar-refractivity contribution in [3.05, 3.63) is 0 Å². The van der Waals surface area contributed by atoms with Gasteiger partial charge in [0.15, 0.2) is 0 Å². The van der Waals surface area contributed by atoms with Gasteiger partial charge in [0.25, 0.3) is 0 Å². The predicted octanol–water partition coefficient (Wildman–Crippen LogP) is -1.24. The zero-order valence-electron chi connectivity index (χ0n) is 11.5. The van der Waals surface area contributed by atoms with Crippen molar-refractivity contribution in [3.63, 3.8) is 0 Å². The lowest BCUT2D eigenvalue weighted by molar-refractivity contribution is -0.144. The Morgan fingerprint density at radius 1 is 1.42 bits per heavy atom. The van der Waals surface area contributed by atoms with Crippen molar-refractivity contribution in [2.75, 3.05) is 26.3 Å². The molecule has 0 rings (SSSR count). The zero-order valence-corrected chi connectivity index (χ0v) is 11.5. The van der Waals surface area contributed by atoms with Crippen LogP contribution in [0.4, 0.5) is 0 Å². The highest BCUT2D eigenvalue weighted by Crippen LogP contribution is 2.19. The number of hydrogen-bond donors (Lipinski definition) is 4. The summed E-state index contributed by atoms with van der Waals surface area (Å²) in [5.41, 5.74) is 4.32. The number of rotatable bonds is 9. The number of nitrogens with two attached hydrogens (primary N) is 1. The van der Waals surface area contributed by atoms with Gasteiger partial charge < -0.3 is 26.0 Å². The van der Waals surface area contributed by atoms with Crippen LogP contribution in [0.2, 0.25) is 0 Å². The van der Waals surface area contributed by atoms with Crippen LogP contribution in [0, 0.1) is 5.41 Å². The molecule has 0 fully saturated rings. The van der Waals surface area contributed by atoms with Gasteiger partial charge in [-0.2, -0.15) is 0 Å². The minimum Gasteiger partial charge on any atom is -0.466 e. The van der Waals surface area contributed by atoms with Gasteiger partial charge in [0, 0.05) is 12.0 Å². The third-order valence-corrected chi connectivity index (χ3v) is 2.64. The van der Waals surface area contributed by atoms with Gasteiger partial charge in [-0.05, 0) is 13.0 Å². The molecule has 0 heterocycles. The van der Waals surface area contributed by atoms with Crippen LogP contribution in [0.1, 0.15) is 26.7 Å². The molecule has 0 aliphatic rings. The van der Waals surface area contributed by atoms with E-state index in [2.05, 4.69) is 5.32 Å². The van der Waals surface area contributed by atoms with Gasteiger partial charge in [-0.3, -0.25) is 9.59 Å². The molecule has 112 valence electrons. The highest BCUT2D eigenvalue weighted by Gasteiger charge is 2.32. The Labute approximate surface area is 113 Å². The molecule has 0 aliphatic heterocycles. The molecular formula is C12H24N2O5. The second-order valence-corrected chi connectivity index (χ2v) is 4.95. The van der Waals surface area contributed by atoms with E-state index in [-0.39, 0.29) is 26.2 Å². The number of ether oxygens (including phenoxy) is 1. The van der Waals surface area contributed by atoms with Gasteiger partial charge in [-0.15, -0.1) is 0 Å². The molecular weight excluding hydrogens is 252 g/mol. The van der Waals surface area contributed by atoms with Crippen LogP contribution in [-0.2, 0) is 14.3 Å². The number of hydrogen-bond acceptors (Lipinski definition) is 6. The van der Waals surface area contributed by atoms with E-state index >= 15 is 0 Å². The quantitative estimate of drug-likeness (QED) is 0.309. The van der Waals surface area contributed by atoms with Crippen LogP contribution in [0.3, 0.4) is 0 Å². The Morgan fingerprint density at radius 2 is 2.05 bits per heavy atom. The molecule has 1 atom stereocenters. The third-order valence-electron chi connectivity index (χ3n) is 2.64. The molecule has 0 saturated heterocycles. The van der Waals surface area contributed by atoms with E-state index in [1.54, 1.807) is 13.8 Å². The molecule has 0 bridgehead atoms. The first-order chi connectivity index (χ1) is 8.85. The topological polar surface area (TPSA) is 122 Å². The lowest BCUT2D eigenvalue weighted by Crippen LogP contribution is -2.46.